The molecule has 1 aromatic carbocycles. The Morgan fingerprint density at radius 1 is 1.33 bits per heavy atom. The van der Waals surface area contributed by atoms with Gasteiger partial charge in [-0.2, -0.15) is 0 Å². The molecule has 0 aromatic heterocycles. The molecular formula is C15H17ClN2O3. The number of hydrogen-bond donors (Lipinski definition) is 3. The molecule has 1 rings (SSSR count). The summed E-state index contributed by atoms with van der Waals surface area (Å²) in [5, 5.41) is 14.1. The summed E-state index contributed by atoms with van der Waals surface area (Å²) in [4.78, 5) is 23.3. The Kier molecular flexibility index (Phi) is 7.30. The summed E-state index contributed by atoms with van der Waals surface area (Å²) >= 11 is 6.00. The number of carbonyl (C=O) groups excluding carboxylic acids is 2. The van der Waals surface area contributed by atoms with E-state index in [1.54, 1.807) is 12.1 Å². The first-order valence-electron chi connectivity index (χ1n) is 6.52. The lowest BCUT2D eigenvalue weighted by atomic mass is 10.1. The molecular weight excluding hydrogens is 292 g/mol. The highest BCUT2D eigenvalue weighted by Gasteiger charge is 2.09. The fraction of sp³-hybridized carbons (Fsp3) is 0.333. The minimum atomic E-state index is -0.384. The summed E-state index contributed by atoms with van der Waals surface area (Å²) in [6, 6.07) is 4.63. The Hall–Kier alpha value is -2.03. The predicted molar refractivity (Wildman–Crippen MR) is 81.0 cm³/mol. The van der Waals surface area contributed by atoms with Gasteiger partial charge in [0.05, 0.1) is 11.6 Å². The molecule has 6 heteroatoms. The molecule has 0 atom stereocenters. The van der Waals surface area contributed by atoms with E-state index in [0.29, 0.717) is 22.7 Å². The number of aliphatic hydroxyl groups is 1. The van der Waals surface area contributed by atoms with Crippen molar-refractivity contribution in [1.29, 1.82) is 0 Å². The van der Waals surface area contributed by atoms with Crippen LogP contribution in [0, 0.1) is 11.8 Å². The Bertz CT molecular complexity index is 576. The van der Waals surface area contributed by atoms with Gasteiger partial charge in [-0.1, -0.05) is 30.4 Å². The zero-order valence-electron chi connectivity index (χ0n) is 11.7. The number of nitrogens with one attached hydrogen (secondary N) is 2. The zero-order valence-corrected chi connectivity index (χ0v) is 12.5. The van der Waals surface area contributed by atoms with Crippen LogP contribution in [0.5, 0.6) is 0 Å². The van der Waals surface area contributed by atoms with Crippen molar-refractivity contribution in [2.75, 3.05) is 19.7 Å². The van der Waals surface area contributed by atoms with Crippen LogP contribution in [0.25, 0.3) is 0 Å². The number of halogens is 1. The molecule has 1 aromatic rings. The average molecular weight is 309 g/mol. The molecule has 21 heavy (non-hydrogen) atoms. The maximum Gasteiger partial charge on any atom is 0.251 e. The lowest BCUT2D eigenvalue weighted by molar-refractivity contribution is -0.120. The quantitative estimate of drug-likeness (QED) is 0.708. The second-order valence-electron chi connectivity index (χ2n) is 4.19. The summed E-state index contributed by atoms with van der Waals surface area (Å²) in [7, 11) is 0. The fourth-order valence-corrected chi connectivity index (χ4v) is 1.71. The van der Waals surface area contributed by atoms with Crippen LogP contribution in [0.1, 0.15) is 29.3 Å². The Morgan fingerprint density at radius 3 is 2.71 bits per heavy atom. The van der Waals surface area contributed by atoms with Crippen molar-refractivity contribution in [3.8, 4) is 11.8 Å². The summed E-state index contributed by atoms with van der Waals surface area (Å²) in [5.74, 6) is 4.54. The van der Waals surface area contributed by atoms with Crippen molar-refractivity contribution < 1.29 is 14.7 Å². The minimum Gasteiger partial charge on any atom is -0.384 e. The molecule has 0 saturated carbocycles. The van der Waals surface area contributed by atoms with Crippen molar-refractivity contribution in [1.82, 2.24) is 10.6 Å². The molecule has 0 bridgehead atoms. The number of rotatable bonds is 5. The fourth-order valence-electron chi connectivity index (χ4n) is 1.48. The second-order valence-corrected chi connectivity index (χ2v) is 4.59. The minimum absolute atomic E-state index is 0.0808. The first-order valence-corrected chi connectivity index (χ1v) is 6.90. The largest absolute Gasteiger partial charge is 0.384 e. The van der Waals surface area contributed by atoms with Crippen molar-refractivity contribution in [2.45, 2.75) is 13.3 Å². The van der Waals surface area contributed by atoms with E-state index in [2.05, 4.69) is 22.5 Å². The molecule has 0 aliphatic carbocycles. The van der Waals surface area contributed by atoms with Crippen LogP contribution in [-0.4, -0.2) is 36.6 Å². The van der Waals surface area contributed by atoms with Crippen LogP contribution in [0.4, 0.5) is 0 Å². The molecule has 3 N–H and O–H groups in total. The highest BCUT2D eigenvalue weighted by atomic mass is 35.5. The molecule has 0 radical (unpaired) electrons. The first-order chi connectivity index (χ1) is 10.1. The van der Waals surface area contributed by atoms with Crippen LogP contribution in [0.2, 0.25) is 5.02 Å². The van der Waals surface area contributed by atoms with E-state index in [1.807, 2.05) is 6.92 Å². The summed E-state index contributed by atoms with van der Waals surface area (Å²) in [5.41, 5.74) is 0.876. The molecule has 2 amide bonds. The lowest BCUT2D eigenvalue weighted by Gasteiger charge is -2.07. The standard InChI is InChI=1S/C15H17ClN2O3/c1-2-7-17-14(20)10-18-15(21)12-6-5-11(4-3-8-19)13(16)9-12/h5-6,9,19H,2,7-8,10H2,1H3,(H,17,20)(H,18,21). The second kappa shape index (κ2) is 9.01. The van der Waals surface area contributed by atoms with Crippen LogP contribution in [-0.2, 0) is 4.79 Å². The summed E-state index contributed by atoms with van der Waals surface area (Å²) < 4.78 is 0. The number of hydrogen-bond acceptors (Lipinski definition) is 3. The van der Waals surface area contributed by atoms with Gasteiger partial charge in [-0.05, 0) is 24.6 Å². The molecule has 0 heterocycles. The first kappa shape index (κ1) is 17.0. The molecule has 0 aliphatic rings. The van der Waals surface area contributed by atoms with Crippen molar-refractivity contribution in [3.63, 3.8) is 0 Å². The van der Waals surface area contributed by atoms with Gasteiger partial charge in [0, 0.05) is 17.7 Å². The van der Waals surface area contributed by atoms with Gasteiger partial charge in [-0.15, -0.1) is 0 Å². The van der Waals surface area contributed by atoms with Crippen LogP contribution >= 0.6 is 11.6 Å². The van der Waals surface area contributed by atoms with E-state index in [-0.39, 0.29) is 25.0 Å². The lowest BCUT2D eigenvalue weighted by Crippen LogP contribution is -2.37. The maximum absolute atomic E-state index is 11.9. The summed E-state index contributed by atoms with van der Waals surface area (Å²) in [6.45, 7) is 2.19. The number of benzene rings is 1. The normalized spacial score (nSPS) is 9.48. The average Bonchev–Trinajstić information content (AvgIpc) is 2.49. The smallest absolute Gasteiger partial charge is 0.251 e. The Balaban J connectivity index is 2.63. The van der Waals surface area contributed by atoms with Crippen LogP contribution in [0.15, 0.2) is 18.2 Å². The molecule has 0 aliphatic heterocycles. The number of carbonyl (C=O) groups is 2. The monoisotopic (exact) mass is 308 g/mol. The zero-order chi connectivity index (χ0) is 15.7. The van der Waals surface area contributed by atoms with Crippen molar-refractivity contribution in [2.24, 2.45) is 0 Å². The van der Waals surface area contributed by atoms with Gasteiger partial charge in [0.25, 0.3) is 5.91 Å². The third-order valence-electron chi connectivity index (χ3n) is 2.52. The van der Waals surface area contributed by atoms with E-state index < -0.39 is 0 Å². The topological polar surface area (TPSA) is 78.4 Å². The Labute approximate surface area is 128 Å². The van der Waals surface area contributed by atoms with Gasteiger partial charge in [0.2, 0.25) is 5.91 Å². The van der Waals surface area contributed by atoms with Crippen molar-refractivity contribution in [3.05, 3.63) is 34.3 Å². The third kappa shape index (κ3) is 5.86. The highest BCUT2D eigenvalue weighted by Crippen LogP contribution is 2.16. The van der Waals surface area contributed by atoms with E-state index in [1.165, 1.54) is 6.07 Å². The van der Waals surface area contributed by atoms with E-state index in [9.17, 15) is 9.59 Å². The van der Waals surface area contributed by atoms with Crippen molar-refractivity contribution >= 4 is 23.4 Å². The molecule has 0 fully saturated rings. The van der Waals surface area contributed by atoms with Crippen LogP contribution in [0.3, 0.4) is 0 Å². The highest BCUT2D eigenvalue weighted by molar-refractivity contribution is 6.32. The number of amides is 2. The van der Waals surface area contributed by atoms with Crippen LogP contribution < -0.4 is 10.6 Å². The number of aliphatic hydroxyl groups excluding tert-OH is 1. The molecule has 0 spiro atoms. The van der Waals surface area contributed by atoms with Gasteiger partial charge in [0.1, 0.15) is 6.61 Å². The molecule has 5 nitrogen and oxygen atoms in total. The SMILES string of the molecule is CCCNC(=O)CNC(=O)c1ccc(C#CCO)c(Cl)c1. The van der Waals surface area contributed by atoms with Gasteiger partial charge in [-0.3, -0.25) is 9.59 Å². The molecule has 112 valence electrons. The molecule has 0 saturated heterocycles. The van der Waals surface area contributed by atoms with Gasteiger partial charge in [0.15, 0.2) is 0 Å². The van der Waals surface area contributed by atoms with E-state index in [0.717, 1.165) is 6.42 Å². The van der Waals surface area contributed by atoms with Gasteiger partial charge in [-0.25, -0.2) is 0 Å². The predicted octanol–water partition coefficient (Wildman–Crippen LogP) is 0.940. The van der Waals surface area contributed by atoms with E-state index >= 15 is 0 Å². The molecule has 0 unspecified atom stereocenters. The van der Waals surface area contributed by atoms with Gasteiger partial charge >= 0.3 is 0 Å². The maximum atomic E-state index is 11.9. The van der Waals surface area contributed by atoms with Gasteiger partial charge < -0.3 is 15.7 Å². The third-order valence-corrected chi connectivity index (χ3v) is 2.83. The van der Waals surface area contributed by atoms with E-state index in [4.69, 9.17) is 16.7 Å². The summed E-state index contributed by atoms with van der Waals surface area (Å²) in [6.07, 6.45) is 0.839. The Morgan fingerprint density at radius 2 is 2.10 bits per heavy atom.